The van der Waals surface area contributed by atoms with Crippen LogP contribution in [0.5, 0.6) is 0 Å². The van der Waals surface area contributed by atoms with Gasteiger partial charge in [-0.1, -0.05) is 29.8 Å². The highest BCUT2D eigenvalue weighted by Gasteiger charge is 2.30. The van der Waals surface area contributed by atoms with E-state index in [1.165, 1.54) is 25.0 Å². The molecule has 0 aliphatic heterocycles. The van der Waals surface area contributed by atoms with E-state index in [9.17, 15) is 0 Å². The van der Waals surface area contributed by atoms with Gasteiger partial charge in [0, 0.05) is 21.2 Å². The highest BCUT2D eigenvalue weighted by molar-refractivity contribution is 9.10. The van der Waals surface area contributed by atoms with Gasteiger partial charge in [-0.25, -0.2) is 0 Å². The number of alkyl halides is 1. The summed E-state index contributed by atoms with van der Waals surface area (Å²) in [5.41, 5.74) is 1.22. The molecule has 0 amide bonds. The minimum Gasteiger partial charge on any atom is -0.260 e. The fourth-order valence-electron chi connectivity index (χ4n) is 2.88. The van der Waals surface area contributed by atoms with E-state index < -0.39 is 0 Å². The Morgan fingerprint density at radius 1 is 1.33 bits per heavy atom. The van der Waals surface area contributed by atoms with Crippen molar-refractivity contribution in [2.45, 2.75) is 44.4 Å². The quantitative estimate of drug-likeness (QED) is 0.660. The van der Waals surface area contributed by atoms with Gasteiger partial charge in [-0.15, -0.1) is 0 Å². The summed E-state index contributed by atoms with van der Waals surface area (Å²) >= 11 is 7.31. The minimum atomic E-state index is 0.665. The van der Waals surface area contributed by atoms with Crippen molar-refractivity contribution < 1.29 is 0 Å². The van der Waals surface area contributed by atoms with Gasteiger partial charge in [0.15, 0.2) is 0 Å². The van der Waals surface area contributed by atoms with Crippen LogP contribution in [0.1, 0.15) is 38.8 Å². The van der Waals surface area contributed by atoms with Gasteiger partial charge in [-0.2, -0.15) is 0 Å². The monoisotopic (exact) mass is 373 g/mol. The molecule has 3 atom stereocenters. The van der Waals surface area contributed by atoms with E-state index in [1.54, 1.807) is 0 Å². The summed E-state index contributed by atoms with van der Waals surface area (Å²) in [5, 5.41) is 0. The molecule has 100 valence electrons. The summed E-state index contributed by atoms with van der Waals surface area (Å²) in [7, 11) is 0. The fraction of sp³-hybridized carbons (Fsp3) is 0.667. The maximum absolute atomic E-state index is 4.51. The summed E-state index contributed by atoms with van der Waals surface area (Å²) < 4.78 is 1.06. The van der Waals surface area contributed by atoms with E-state index in [2.05, 4.69) is 62.8 Å². The first-order valence-corrected chi connectivity index (χ1v) is 8.51. The molecule has 1 nitrogen and oxygen atoms in total. The predicted molar refractivity (Wildman–Crippen MR) is 84.0 cm³/mol. The van der Waals surface area contributed by atoms with Crippen LogP contribution in [0.2, 0.25) is 0 Å². The molecule has 3 unspecified atom stereocenters. The van der Waals surface area contributed by atoms with Crippen LogP contribution in [-0.4, -0.2) is 9.81 Å². The van der Waals surface area contributed by atoms with Crippen LogP contribution in [0, 0.1) is 17.8 Å². The number of hydrogen-bond donors (Lipinski definition) is 0. The Labute approximate surface area is 127 Å². The first-order chi connectivity index (χ1) is 8.56. The van der Waals surface area contributed by atoms with E-state index in [0.717, 1.165) is 28.6 Å². The summed E-state index contributed by atoms with van der Waals surface area (Å²) in [6, 6.07) is 4.23. The lowest BCUT2D eigenvalue weighted by Crippen LogP contribution is -2.29. The molecule has 0 radical (unpaired) electrons. The Kier molecular flexibility index (Phi) is 5.25. The largest absolute Gasteiger partial charge is 0.260 e. The maximum Gasteiger partial charge on any atom is 0.0413 e. The predicted octanol–water partition coefficient (Wildman–Crippen LogP) is 5.22. The zero-order valence-electron chi connectivity index (χ0n) is 11.1. The normalized spacial score (nSPS) is 28.6. The van der Waals surface area contributed by atoms with E-state index in [1.807, 2.05) is 6.20 Å². The lowest BCUT2D eigenvalue weighted by Gasteiger charge is -2.35. The van der Waals surface area contributed by atoms with Crippen LogP contribution in [0.15, 0.2) is 22.8 Å². The molecule has 18 heavy (non-hydrogen) atoms. The number of aromatic nitrogens is 1. The second kappa shape index (κ2) is 6.51. The number of rotatable bonds is 3. The average molecular weight is 375 g/mol. The number of pyridine rings is 1. The molecular formula is C15H21Br2N. The van der Waals surface area contributed by atoms with Crippen LogP contribution in [0.25, 0.3) is 0 Å². The SMILES string of the molecule is CC(C)C1CCC(Br)C(Cc2ccc(Br)cn2)C1. The highest BCUT2D eigenvalue weighted by Crippen LogP contribution is 2.38. The van der Waals surface area contributed by atoms with Crippen molar-refractivity contribution in [2.75, 3.05) is 0 Å². The van der Waals surface area contributed by atoms with Crippen molar-refractivity contribution in [1.82, 2.24) is 4.98 Å². The summed E-state index contributed by atoms with van der Waals surface area (Å²) in [5.74, 6) is 2.43. The van der Waals surface area contributed by atoms with Crippen LogP contribution < -0.4 is 0 Å². The lowest BCUT2D eigenvalue weighted by molar-refractivity contribution is 0.222. The van der Waals surface area contributed by atoms with Crippen LogP contribution in [0.4, 0.5) is 0 Å². The Balaban J connectivity index is 2.00. The molecular weight excluding hydrogens is 354 g/mol. The molecule has 1 aliphatic rings. The average Bonchev–Trinajstić information content (AvgIpc) is 2.34. The molecule has 1 heterocycles. The molecule has 2 rings (SSSR count). The first-order valence-electron chi connectivity index (χ1n) is 6.80. The third-order valence-electron chi connectivity index (χ3n) is 4.13. The van der Waals surface area contributed by atoms with E-state index in [-0.39, 0.29) is 0 Å². The van der Waals surface area contributed by atoms with E-state index in [4.69, 9.17) is 0 Å². The Morgan fingerprint density at radius 3 is 2.72 bits per heavy atom. The maximum atomic E-state index is 4.51. The van der Waals surface area contributed by atoms with Gasteiger partial charge in [0.2, 0.25) is 0 Å². The van der Waals surface area contributed by atoms with E-state index in [0.29, 0.717) is 4.83 Å². The summed E-state index contributed by atoms with van der Waals surface area (Å²) in [6.45, 7) is 4.71. The lowest BCUT2D eigenvalue weighted by atomic mass is 9.74. The molecule has 0 N–H and O–H groups in total. The molecule has 0 aromatic carbocycles. The van der Waals surface area contributed by atoms with Gasteiger partial charge < -0.3 is 0 Å². The van der Waals surface area contributed by atoms with Crippen molar-refractivity contribution in [3.8, 4) is 0 Å². The Morgan fingerprint density at radius 2 is 2.11 bits per heavy atom. The molecule has 1 aliphatic carbocycles. The molecule has 1 fully saturated rings. The van der Waals surface area contributed by atoms with Gasteiger partial charge in [-0.05, 0) is 71.5 Å². The number of halogens is 2. The molecule has 1 aromatic heterocycles. The standard InChI is InChI=1S/C15H21Br2N/c1-10(2)11-3-6-15(17)12(7-11)8-14-5-4-13(16)9-18-14/h4-5,9-12,15H,3,6-8H2,1-2H3. The smallest absolute Gasteiger partial charge is 0.0413 e. The molecule has 0 spiro atoms. The second-order valence-electron chi connectivity index (χ2n) is 5.77. The van der Waals surface area contributed by atoms with Gasteiger partial charge in [-0.3, -0.25) is 4.98 Å². The summed E-state index contributed by atoms with van der Waals surface area (Å²) in [6.07, 6.45) is 7.03. The summed E-state index contributed by atoms with van der Waals surface area (Å²) in [4.78, 5) is 5.17. The Bertz CT molecular complexity index is 375. The van der Waals surface area contributed by atoms with Crippen molar-refractivity contribution >= 4 is 31.9 Å². The van der Waals surface area contributed by atoms with Gasteiger partial charge in [0.1, 0.15) is 0 Å². The molecule has 0 saturated heterocycles. The Hall–Kier alpha value is 0.110. The number of hydrogen-bond acceptors (Lipinski definition) is 1. The molecule has 1 saturated carbocycles. The molecule has 1 aromatic rings. The van der Waals surface area contributed by atoms with Gasteiger partial charge in [0.25, 0.3) is 0 Å². The van der Waals surface area contributed by atoms with Crippen LogP contribution >= 0.6 is 31.9 Å². The topological polar surface area (TPSA) is 12.9 Å². The van der Waals surface area contributed by atoms with Gasteiger partial charge in [0.05, 0.1) is 0 Å². The van der Waals surface area contributed by atoms with Crippen LogP contribution in [0.3, 0.4) is 0 Å². The van der Waals surface area contributed by atoms with Gasteiger partial charge >= 0.3 is 0 Å². The van der Waals surface area contributed by atoms with Crippen molar-refractivity contribution in [3.05, 3.63) is 28.5 Å². The first kappa shape index (κ1) is 14.5. The van der Waals surface area contributed by atoms with Crippen molar-refractivity contribution in [1.29, 1.82) is 0 Å². The van der Waals surface area contributed by atoms with E-state index >= 15 is 0 Å². The van der Waals surface area contributed by atoms with Crippen LogP contribution in [-0.2, 0) is 6.42 Å². The van der Waals surface area contributed by atoms with Crippen molar-refractivity contribution in [3.63, 3.8) is 0 Å². The minimum absolute atomic E-state index is 0.665. The molecule has 3 heteroatoms. The third kappa shape index (κ3) is 3.80. The van der Waals surface area contributed by atoms with Crippen molar-refractivity contribution in [2.24, 2.45) is 17.8 Å². The second-order valence-corrected chi connectivity index (χ2v) is 7.86. The fourth-order valence-corrected chi connectivity index (χ4v) is 3.78. The third-order valence-corrected chi connectivity index (χ3v) is 5.81. The highest BCUT2D eigenvalue weighted by atomic mass is 79.9. The zero-order chi connectivity index (χ0) is 13.1. The molecule has 0 bridgehead atoms. The number of nitrogens with zero attached hydrogens (tertiary/aromatic N) is 1. The zero-order valence-corrected chi connectivity index (χ0v) is 14.2.